The number of nitrogens with zero attached hydrogens (tertiary/aromatic N) is 1. The van der Waals surface area contributed by atoms with Gasteiger partial charge in [0.25, 0.3) is 0 Å². The van der Waals surface area contributed by atoms with Gasteiger partial charge in [-0.3, -0.25) is 9.69 Å². The van der Waals surface area contributed by atoms with E-state index in [0.29, 0.717) is 45.2 Å². The van der Waals surface area contributed by atoms with Gasteiger partial charge in [-0.2, -0.15) is 0 Å². The molecule has 9 nitrogen and oxygen atoms in total. The number of rotatable bonds is 10. The third kappa shape index (κ3) is 7.03. The first-order valence-electron chi connectivity index (χ1n) is 15.1. The van der Waals surface area contributed by atoms with Crippen LogP contribution in [0.2, 0.25) is 0 Å². The first-order chi connectivity index (χ1) is 22.4. The van der Waals surface area contributed by atoms with Crippen LogP contribution >= 0.6 is 11.3 Å². The molecule has 2 heterocycles. The fourth-order valence-corrected chi connectivity index (χ4v) is 6.76. The highest BCUT2D eigenvalue weighted by molar-refractivity contribution is 7.22. The monoisotopic (exact) mass is 635 g/mol. The van der Waals surface area contributed by atoms with Crippen LogP contribution in [-0.2, 0) is 0 Å². The van der Waals surface area contributed by atoms with Gasteiger partial charge in [-0.15, -0.1) is 11.3 Å². The zero-order valence-electron chi connectivity index (χ0n) is 25.1. The molecular weight excluding hydrogens is 602 g/mol. The number of hydrogen-bond acceptors (Lipinski definition) is 9. The minimum absolute atomic E-state index is 0.167. The molecule has 1 fully saturated rings. The second-order valence-corrected chi connectivity index (χ2v) is 12.0. The molecule has 0 bridgehead atoms. The first kappa shape index (κ1) is 30.8. The maximum absolute atomic E-state index is 14.1. The zero-order valence-corrected chi connectivity index (χ0v) is 25.9. The molecule has 4 N–H and O–H groups in total. The number of fused-ring (bicyclic) bond motifs is 1. The number of benzene rings is 4. The van der Waals surface area contributed by atoms with Gasteiger partial charge in [0.2, 0.25) is 0 Å². The van der Waals surface area contributed by atoms with Gasteiger partial charge < -0.3 is 25.7 Å². The maximum atomic E-state index is 14.1. The van der Waals surface area contributed by atoms with Crippen molar-refractivity contribution in [1.29, 1.82) is 0 Å². The second kappa shape index (κ2) is 13.8. The van der Waals surface area contributed by atoms with Gasteiger partial charge in [0, 0.05) is 38.3 Å². The van der Waals surface area contributed by atoms with E-state index < -0.39 is 12.1 Å². The molecule has 0 aliphatic carbocycles. The summed E-state index contributed by atoms with van der Waals surface area (Å²) in [6, 6.07) is 25.8. The van der Waals surface area contributed by atoms with E-state index in [-0.39, 0.29) is 17.1 Å². The Hall–Kier alpha value is -5.19. The Balaban J connectivity index is 1.26. The molecule has 0 atom stereocenters. The summed E-state index contributed by atoms with van der Waals surface area (Å²) >= 11 is 1.38. The Morgan fingerprint density at radius 3 is 2.20 bits per heavy atom. The third-order valence-corrected chi connectivity index (χ3v) is 9.06. The highest BCUT2D eigenvalue weighted by Gasteiger charge is 2.23. The summed E-state index contributed by atoms with van der Waals surface area (Å²) in [5, 5.41) is 0.707. The van der Waals surface area contributed by atoms with E-state index in [4.69, 9.17) is 25.7 Å². The number of esters is 1. The predicted molar refractivity (Wildman–Crippen MR) is 179 cm³/mol. The van der Waals surface area contributed by atoms with E-state index in [1.807, 2.05) is 12.1 Å². The third-order valence-electron chi connectivity index (χ3n) is 7.86. The van der Waals surface area contributed by atoms with E-state index in [9.17, 15) is 14.4 Å². The van der Waals surface area contributed by atoms with Gasteiger partial charge in [-0.1, -0.05) is 18.6 Å². The van der Waals surface area contributed by atoms with Gasteiger partial charge >= 0.3 is 12.1 Å². The molecule has 5 aromatic rings. The highest BCUT2D eigenvalue weighted by Crippen LogP contribution is 2.42. The van der Waals surface area contributed by atoms with Crippen LogP contribution in [0.25, 0.3) is 20.5 Å². The number of carbonyl (C=O) groups is 3. The van der Waals surface area contributed by atoms with Gasteiger partial charge in [-0.25, -0.2) is 9.59 Å². The summed E-state index contributed by atoms with van der Waals surface area (Å²) in [7, 11) is 0. The summed E-state index contributed by atoms with van der Waals surface area (Å²) in [6.45, 7) is 3.69. The number of carbonyl (C=O) groups excluding carboxylic acids is 3. The van der Waals surface area contributed by atoms with E-state index >= 15 is 0 Å². The fourth-order valence-electron chi connectivity index (χ4n) is 5.53. The SMILES string of the molecule is NC(=O)Oc1ccc2c(C(=O)c3ccc(OCCN4CCCCC4)cc3)c(-c3ccc(OC(=O)c4ccccc4N)cc3)sc2c1. The Kier molecular flexibility index (Phi) is 9.28. The van der Waals surface area contributed by atoms with Gasteiger partial charge in [0.1, 0.15) is 23.9 Å². The van der Waals surface area contributed by atoms with Crippen molar-refractivity contribution in [2.45, 2.75) is 19.3 Å². The molecule has 0 spiro atoms. The number of anilines is 1. The topological polar surface area (TPSA) is 134 Å². The minimum atomic E-state index is -0.923. The van der Waals surface area contributed by atoms with Crippen LogP contribution in [-0.4, -0.2) is 49.0 Å². The number of nitrogens with two attached hydrogens (primary N) is 2. The minimum Gasteiger partial charge on any atom is -0.492 e. The molecule has 1 aliphatic heterocycles. The Morgan fingerprint density at radius 2 is 1.48 bits per heavy atom. The van der Waals surface area contributed by atoms with Crippen LogP contribution in [0.1, 0.15) is 45.5 Å². The van der Waals surface area contributed by atoms with Crippen molar-refractivity contribution >= 4 is 45.0 Å². The fraction of sp³-hybridized carbons (Fsp3) is 0.194. The summed E-state index contributed by atoms with van der Waals surface area (Å²) < 4.78 is 17.3. The van der Waals surface area contributed by atoms with Crippen molar-refractivity contribution in [3.63, 3.8) is 0 Å². The van der Waals surface area contributed by atoms with Gasteiger partial charge in [0.15, 0.2) is 5.78 Å². The number of piperidine rings is 1. The largest absolute Gasteiger partial charge is 0.492 e. The van der Waals surface area contributed by atoms with E-state index in [2.05, 4.69) is 4.90 Å². The summed E-state index contributed by atoms with van der Waals surface area (Å²) in [6.07, 6.45) is 2.84. The summed E-state index contributed by atoms with van der Waals surface area (Å²) in [5.74, 6) is 0.586. The molecule has 1 aromatic heterocycles. The molecular formula is C36H33N3O6S. The van der Waals surface area contributed by atoms with Crippen molar-refractivity contribution in [3.05, 3.63) is 108 Å². The van der Waals surface area contributed by atoms with Crippen LogP contribution in [0, 0.1) is 0 Å². The number of primary amides is 1. The van der Waals surface area contributed by atoms with Crippen LogP contribution in [0.5, 0.6) is 17.2 Å². The van der Waals surface area contributed by atoms with Crippen molar-refractivity contribution < 1.29 is 28.6 Å². The van der Waals surface area contributed by atoms with Crippen LogP contribution in [0.4, 0.5) is 10.5 Å². The molecule has 4 aromatic carbocycles. The number of ether oxygens (including phenoxy) is 3. The lowest BCUT2D eigenvalue weighted by atomic mass is 9.97. The van der Waals surface area contributed by atoms with Gasteiger partial charge in [-0.05, 0) is 110 Å². The number of amides is 1. The highest BCUT2D eigenvalue weighted by atomic mass is 32.1. The van der Waals surface area contributed by atoms with E-state index in [1.165, 1.54) is 30.6 Å². The quantitative estimate of drug-likeness (QED) is 0.0731. The molecule has 0 unspecified atom stereocenters. The van der Waals surface area contributed by atoms with Crippen molar-refractivity contribution in [2.75, 3.05) is 32.0 Å². The second-order valence-electron chi connectivity index (χ2n) is 11.0. The number of likely N-dealkylation sites (tertiary alicyclic amines) is 1. The normalized spacial score (nSPS) is 13.3. The molecule has 0 radical (unpaired) electrons. The van der Waals surface area contributed by atoms with Crippen molar-refractivity contribution in [2.24, 2.45) is 5.73 Å². The number of ketones is 1. The number of hydrogen-bond donors (Lipinski definition) is 2. The lowest BCUT2D eigenvalue weighted by molar-refractivity contribution is 0.0735. The molecule has 10 heteroatoms. The van der Waals surface area contributed by atoms with Crippen molar-refractivity contribution in [1.82, 2.24) is 4.90 Å². The van der Waals surface area contributed by atoms with Crippen LogP contribution in [0.3, 0.4) is 0 Å². The number of nitrogen functional groups attached to an aromatic ring is 1. The number of thiophene rings is 1. The molecule has 1 aliphatic rings. The molecule has 234 valence electrons. The molecule has 46 heavy (non-hydrogen) atoms. The number of para-hydroxylation sites is 1. The standard InChI is InChI=1S/C36H33N3O6S/c37-30-7-3-2-6-28(30)35(41)44-26-14-10-24(11-15-26)34-32(29-17-16-27(45-36(38)42)22-31(29)46-34)33(40)23-8-12-25(13-9-23)43-21-20-39-18-4-1-5-19-39/h2-3,6-17,22H,1,4-5,18-21,37H2,(H2,38,42). The summed E-state index contributed by atoms with van der Waals surface area (Å²) in [5.41, 5.74) is 13.5. The average molecular weight is 636 g/mol. The Labute approximate surface area is 270 Å². The van der Waals surface area contributed by atoms with Crippen LogP contribution in [0.15, 0.2) is 91.0 Å². The van der Waals surface area contributed by atoms with Crippen LogP contribution < -0.4 is 25.7 Å². The van der Waals surface area contributed by atoms with E-state index in [0.717, 1.165) is 29.9 Å². The maximum Gasteiger partial charge on any atom is 0.409 e. The summed E-state index contributed by atoms with van der Waals surface area (Å²) in [4.78, 5) is 41.3. The predicted octanol–water partition coefficient (Wildman–Crippen LogP) is 6.92. The Morgan fingerprint density at radius 1 is 0.783 bits per heavy atom. The molecule has 0 saturated carbocycles. The molecule has 1 amide bonds. The lowest BCUT2D eigenvalue weighted by Gasteiger charge is -2.26. The molecule has 6 rings (SSSR count). The average Bonchev–Trinajstić information content (AvgIpc) is 3.44. The lowest BCUT2D eigenvalue weighted by Crippen LogP contribution is -2.33. The molecule has 1 saturated heterocycles. The first-order valence-corrected chi connectivity index (χ1v) is 15.9. The van der Waals surface area contributed by atoms with Crippen molar-refractivity contribution in [3.8, 4) is 27.7 Å². The van der Waals surface area contributed by atoms with Gasteiger partial charge in [0.05, 0.1) is 5.56 Å². The smallest absolute Gasteiger partial charge is 0.409 e. The van der Waals surface area contributed by atoms with E-state index in [1.54, 1.807) is 78.9 Å². The zero-order chi connectivity index (χ0) is 32.0. The Bertz CT molecular complexity index is 1880.